The molecule has 5 nitrogen and oxygen atoms in total. The molecule has 0 atom stereocenters. The number of hydrogen-bond acceptors (Lipinski definition) is 4. The minimum Gasteiger partial charge on any atom is -0.330 e. The van der Waals surface area contributed by atoms with Gasteiger partial charge in [0.25, 0.3) is 0 Å². The first-order valence-corrected chi connectivity index (χ1v) is 6.81. The van der Waals surface area contributed by atoms with Crippen LogP contribution in [0.3, 0.4) is 0 Å². The fourth-order valence-corrected chi connectivity index (χ4v) is 1.96. The Bertz CT molecular complexity index is 345. The van der Waals surface area contributed by atoms with E-state index >= 15 is 0 Å². The van der Waals surface area contributed by atoms with Crippen molar-refractivity contribution < 1.29 is 0 Å². The molecule has 1 heterocycles. The van der Waals surface area contributed by atoms with Crippen molar-refractivity contribution in [1.82, 2.24) is 19.7 Å². The lowest BCUT2D eigenvalue weighted by atomic mass is 9.93. The smallest absolute Gasteiger partial charge is 0.141 e. The average molecular weight is 253 g/mol. The molecule has 0 spiro atoms. The van der Waals surface area contributed by atoms with Gasteiger partial charge in [0.05, 0.1) is 6.54 Å². The van der Waals surface area contributed by atoms with Crippen molar-refractivity contribution in [3.63, 3.8) is 0 Å². The monoisotopic (exact) mass is 253 g/mol. The Kier molecular flexibility index (Phi) is 5.75. The lowest BCUT2D eigenvalue weighted by Crippen LogP contribution is -2.38. The van der Waals surface area contributed by atoms with Gasteiger partial charge in [-0.3, -0.25) is 4.90 Å². The maximum atomic E-state index is 5.80. The molecule has 0 aliphatic carbocycles. The van der Waals surface area contributed by atoms with E-state index in [1.165, 1.54) is 0 Å². The molecule has 0 unspecified atom stereocenters. The maximum absolute atomic E-state index is 5.80. The third-order valence-corrected chi connectivity index (χ3v) is 3.15. The number of nitrogens with zero attached hydrogens (tertiary/aromatic N) is 4. The normalized spacial score (nSPS) is 12.3. The number of rotatable bonds is 8. The second-order valence-corrected chi connectivity index (χ2v) is 5.57. The molecular weight excluding hydrogens is 226 g/mol. The summed E-state index contributed by atoms with van der Waals surface area (Å²) in [6.45, 7) is 13.2. The van der Waals surface area contributed by atoms with E-state index in [1.54, 1.807) is 6.33 Å². The highest BCUT2D eigenvalue weighted by Crippen LogP contribution is 2.16. The topological polar surface area (TPSA) is 60.0 Å². The summed E-state index contributed by atoms with van der Waals surface area (Å²) in [5.41, 5.74) is 5.94. The van der Waals surface area contributed by atoms with Gasteiger partial charge in [-0.15, -0.1) is 0 Å². The van der Waals surface area contributed by atoms with Crippen LogP contribution in [-0.2, 0) is 13.1 Å². The molecule has 0 radical (unpaired) electrons. The van der Waals surface area contributed by atoms with Crippen LogP contribution in [0, 0.1) is 5.41 Å². The van der Waals surface area contributed by atoms with Crippen molar-refractivity contribution in [3.8, 4) is 0 Å². The molecule has 1 aromatic heterocycles. The number of aryl methyl sites for hydroxylation is 1. The SMILES string of the molecule is CCCn1ncnc1CN(CC)CC(C)(C)CN. The Morgan fingerprint density at radius 2 is 2.11 bits per heavy atom. The number of nitrogens with two attached hydrogens (primary N) is 1. The van der Waals surface area contributed by atoms with Crippen molar-refractivity contribution in [3.05, 3.63) is 12.2 Å². The van der Waals surface area contributed by atoms with E-state index in [-0.39, 0.29) is 5.41 Å². The van der Waals surface area contributed by atoms with Crippen LogP contribution in [-0.4, -0.2) is 39.3 Å². The minimum atomic E-state index is 0.144. The van der Waals surface area contributed by atoms with Gasteiger partial charge in [-0.1, -0.05) is 27.7 Å². The molecule has 1 aromatic rings. The zero-order valence-corrected chi connectivity index (χ0v) is 12.2. The molecular formula is C13H27N5. The predicted octanol–water partition coefficient (Wildman–Crippen LogP) is 1.49. The van der Waals surface area contributed by atoms with Gasteiger partial charge in [-0.2, -0.15) is 5.10 Å². The molecule has 0 fully saturated rings. The molecule has 0 aliphatic rings. The number of hydrogen-bond donors (Lipinski definition) is 1. The third kappa shape index (κ3) is 4.38. The second-order valence-electron chi connectivity index (χ2n) is 5.57. The Labute approximate surface area is 110 Å². The first-order chi connectivity index (χ1) is 8.52. The summed E-state index contributed by atoms with van der Waals surface area (Å²) < 4.78 is 2.00. The largest absolute Gasteiger partial charge is 0.330 e. The van der Waals surface area contributed by atoms with Gasteiger partial charge in [0.15, 0.2) is 0 Å². The molecule has 0 bridgehead atoms. The quantitative estimate of drug-likeness (QED) is 0.762. The van der Waals surface area contributed by atoms with Crippen LogP contribution in [0.5, 0.6) is 0 Å². The van der Waals surface area contributed by atoms with Crippen molar-refractivity contribution in [2.24, 2.45) is 11.1 Å². The average Bonchev–Trinajstić information content (AvgIpc) is 2.76. The summed E-state index contributed by atoms with van der Waals surface area (Å²) in [7, 11) is 0. The van der Waals surface area contributed by atoms with Gasteiger partial charge >= 0.3 is 0 Å². The van der Waals surface area contributed by atoms with Gasteiger partial charge in [-0.25, -0.2) is 9.67 Å². The molecule has 0 aromatic carbocycles. The Morgan fingerprint density at radius 3 is 2.67 bits per heavy atom. The van der Waals surface area contributed by atoms with Gasteiger partial charge in [0.2, 0.25) is 0 Å². The van der Waals surface area contributed by atoms with E-state index in [0.717, 1.165) is 38.4 Å². The van der Waals surface area contributed by atoms with Crippen LogP contribution in [0.2, 0.25) is 0 Å². The zero-order valence-electron chi connectivity index (χ0n) is 12.2. The molecule has 0 amide bonds. The molecule has 0 aliphatic heterocycles. The molecule has 18 heavy (non-hydrogen) atoms. The van der Waals surface area contributed by atoms with Gasteiger partial charge in [0.1, 0.15) is 12.2 Å². The highest BCUT2D eigenvalue weighted by Gasteiger charge is 2.20. The third-order valence-electron chi connectivity index (χ3n) is 3.15. The van der Waals surface area contributed by atoms with E-state index in [2.05, 4.69) is 42.7 Å². The van der Waals surface area contributed by atoms with Crippen molar-refractivity contribution in [2.45, 2.75) is 47.2 Å². The second kappa shape index (κ2) is 6.85. The van der Waals surface area contributed by atoms with Crippen LogP contribution >= 0.6 is 0 Å². The fraction of sp³-hybridized carbons (Fsp3) is 0.846. The summed E-state index contributed by atoms with van der Waals surface area (Å²) in [6, 6.07) is 0. The van der Waals surface area contributed by atoms with Crippen LogP contribution in [0.1, 0.15) is 39.9 Å². The molecule has 104 valence electrons. The summed E-state index contributed by atoms with van der Waals surface area (Å²) in [5.74, 6) is 1.05. The summed E-state index contributed by atoms with van der Waals surface area (Å²) in [5, 5.41) is 4.26. The lowest BCUT2D eigenvalue weighted by molar-refractivity contribution is 0.177. The summed E-state index contributed by atoms with van der Waals surface area (Å²) in [4.78, 5) is 6.74. The van der Waals surface area contributed by atoms with Gasteiger partial charge in [0, 0.05) is 13.1 Å². The van der Waals surface area contributed by atoms with Crippen molar-refractivity contribution in [2.75, 3.05) is 19.6 Å². The lowest BCUT2D eigenvalue weighted by Gasteiger charge is -2.30. The maximum Gasteiger partial charge on any atom is 0.141 e. The Balaban J connectivity index is 2.65. The van der Waals surface area contributed by atoms with Crippen LogP contribution in [0.15, 0.2) is 6.33 Å². The van der Waals surface area contributed by atoms with Gasteiger partial charge < -0.3 is 5.73 Å². The van der Waals surface area contributed by atoms with Gasteiger partial charge in [-0.05, 0) is 24.9 Å². The molecule has 2 N–H and O–H groups in total. The van der Waals surface area contributed by atoms with E-state index in [1.807, 2.05) is 4.68 Å². The molecule has 0 saturated heterocycles. The standard InChI is InChI=1S/C13H27N5/c1-5-7-18-12(15-11-16-18)8-17(6-2)10-13(3,4)9-14/h11H,5-10,14H2,1-4H3. The number of aromatic nitrogens is 3. The van der Waals surface area contributed by atoms with Crippen LogP contribution in [0.4, 0.5) is 0 Å². The minimum absolute atomic E-state index is 0.144. The summed E-state index contributed by atoms with van der Waals surface area (Å²) in [6.07, 6.45) is 2.73. The highest BCUT2D eigenvalue weighted by molar-refractivity contribution is 4.86. The molecule has 1 rings (SSSR count). The summed E-state index contributed by atoms with van der Waals surface area (Å²) >= 11 is 0. The Morgan fingerprint density at radius 1 is 1.39 bits per heavy atom. The van der Waals surface area contributed by atoms with Crippen LogP contribution < -0.4 is 5.73 Å². The fourth-order valence-electron chi connectivity index (χ4n) is 1.96. The predicted molar refractivity (Wildman–Crippen MR) is 74.1 cm³/mol. The van der Waals surface area contributed by atoms with E-state index < -0.39 is 0 Å². The molecule has 5 heteroatoms. The first kappa shape index (κ1) is 15.1. The van der Waals surface area contributed by atoms with E-state index in [0.29, 0.717) is 6.54 Å². The van der Waals surface area contributed by atoms with Crippen molar-refractivity contribution in [1.29, 1.82) is 0 Å². The van der Waals surface area contributed by atoms with E-state index in [4.69, 9.17) is 5.73 Å². The highest BCUT2D eigenvalue weighted by atomic mass is 15.3. The molecule has 0 saturated carbocycles. The first-order valence-electron chi connectivity index (χ1n) is 6.81. The van der Waals surface area contributed by atoms with Crippen molar-refractivity contribution >= 4 is 0 Å². The zero-order chi connectivity index (χ0) is 13.6. The van der Waals surface area contributed by atoms with Crippen LogP contribution in [0.25, 0.3) is 0 Å². The Hall–Kier alpha value is -0.940. The van der Waals surface area contributed by atoms with E-state index in [9.17, 15) is 0 Å².